The molecule has 0 spiro atoms. The summed E-state index contributed by atoms with van der Waals surface area (Å²) in [6.45, 7) is 3.79. The predicted octanol–water partition coefficient (Wildman–Crippen LogP) is 3.68. The minimum absolute atomic E-state index is 0.130. The van der Waals surface area contributed by atoms with Gasteiger partial charge in [0.25, 0.3) is 0 Å². The standard InChI is InChI=1S/C18H19N3O3S/c1-3-24-17(23)16-11(2)20-18(25-16)21-15(22)9-8-12-10-19-14-7-5-4-6-13(12)14/h4-7,10,19H,3,8-9H2,1-2H3,(H,20,21,22). The molecule has 2 N–H and O–H groups in total. The maximum absolute atomic E-state index is 12.2. The van der Waals surface area contributed by atoms with E-state index < -0.39 is 5.97 Å². The first kappa shape index (κ1) is 17.2. The molecule has 0 aliphatic rings. The smallest absolute Gasteiger partial charge is 0.350 e. The lowest BCUT2D eigenvalue weighted by molar-refractivity contribution is -0.116. The average molecular weight is 357 g/mol. The average Bonchev–Trinajstić information content (AvgIpc) is 3.16. The summed E-state index contributed by atoms with van der Waals surface area (Å²) >= 11 is 1.14. The van der Waals surface area contributed by atoms with Gasteiger partial charge in [0.1, 0.15) is 4.88 Å². The molecule has 0 bridgehead atoms. The van der Waals surface area contributed by atoms with Crippen LogP contribution < -0.4 is 5.32 Å². The Morgan fingerprint density at radius 3 is 2.92 bits per heavy atom. The number of aryl methyl sites for hydroxylation is 2. The number of aromatic amines is 1. The zero-order valence-electron chi connectivity index (χ0n) is 14.1. The number of ether oxygens (including phenoxy) is 1. The van der Waals surface area contributed by atoms with Crippen LogP contribution in [0.4, 0.5) is 5.13 Å². The van der Waals surface area contributed by atoms with E-state index in [9.17, 15) is 9.59 Å². The highest BCUT2D eigenvalue weighted by Gasteiger charge is 2.17. The summed E-state index contributed by atoms with van der Waals surface area (Å²) < 4.78 is 4.98. The van der Waals surface area contributed by atoms with Crippen molar-refractivity contribution in [2.75, 3.05) is 11.9 Å². The molecule has 2 aromatic heterocycles. The highest BCUT2D eigenvalue weighted by molar-refractivity contribution is 7.17. The number of nitrogens with one attached hydrogen (secondary N) is 2. The second kappa shape index (κ2) is 7.48. The molecule has 0 saturated heterocycles. The van der Waals surface area contributed by atoms with E-state index in [1.165, 1.54) is 0 Å². The first-order chi connectivity index (χ1) is 12.1. The molecule has 3 aromatic rings. The third-order valence-electron chi connectivity index (χ3n) is 3.80. The van der Waals surface area contributed by atoms with E-state index in [0.29, 0.717) is 35.2 Å². The number of rotatable bonds is 6. The van der Waals surface area contributed by atoms with Gasteiger partial charge in [0.2, 0.25) is 5.91 Å². The highest BCUT2D eigenvalue weighted by atomic mass is 32.1. The topological polar surface area (TPSA) is 84.1 Å². The molecule has 0 radical (unpaired) electrons. The van der Waals surface area contributed by atoms with E-state index in [-0.39, 0.29) is 5.91 Å². The van der Waals surface area contributed by atoms with Crippen molar-refractivity contribution in [3.63, 3.8) is 0 Å². The summed E-state index contributed by atoms with van der Waals surface area (Å²) in [5, 5.41) is 4.31. The van der Waals surface area contributed by atoms with E-state index in [1.807, 2.05) is 30.5 Å². The van der Waals surface area contributed by atoms with Crippen LogP contribution in [0.25, 0.3) is 10.9 Å². The normalized spacial score (nSPS) is 10.8. The van der Waals surface area contributed by atoms with E-state index in [1.54, 1.807) is 13.8 Å². The molecule has 0 aliphatic carbocycles. The first-order valence-corrected chi connectivity index (χ1v) is 8.89. The number of thiazole rings is 1. The van der Waals surface area contributed by atoms with Crippen LogP contribution in [0.15, 0.2) is 30.5 Å². The molecular formula is C18H19N3O3S. The third kappa shape index (κ3) is 3.88. The number of hydrogen-bond donors (Lipinski definition) is 2. The maximum Gasteiger partial charge on any atom is 0.350 e. The molecule has 1 amide bonds. The van der Waals surface area contributed by atoms with Gasteiger partial charge in [-0.1, -0.05) is 29.5 Å². The fourth-order valence-electron chi connectivity index (χ4n) is 2.60. The molecule has 0 saturated carbocycles. The number of anilines is 1. The molecule has 130 valence electrons. The van der Waals surface area contributed by atoms with Crippen LogP contribution in [-0.4, -0.2) is 28.5 Å². The van der Waals surface area contributed by atoms with Gasteiger partial charge in [-0.25, -0.2) is 9.78 Å². The maximum atomic E-state index is 12.2. The fourth-order valence-corrected chi connectivity index (χ4v) is 3.48. The summed E-state index contributed by atoms with van der Waals surface area (Å²) in [6, 6.07) is 8.00. The monoisotopic (exact) mass is 357 g/mol. The van der Waals surface area contributed by atoms with Gasteiger partial charge in [0, 0.05) is 23.5 Å². The van der Waals surface area contributed by atoms with Gasteiger partial charge in [0.15, 0.2) is 5.13 Å². The Morgan fingerprint density at radius 2 is 2.12 bits per heavy atom. The number of benzene rings is 1. The van der Waals surface area contributed by atoms with Crippen LogP contribution in [0.3, 0.4) is 0 Å². The number of nitrogens with zero attached hydrogens (tertiary/aromatic N) is 1. The lowest BCUT2D eigenvalue weighted by atomic mass is 10.1. The Morgan fingerprint density at radius 1 is 1.32 bits per heavy atom. The summed E-state index contributed by atoms with van der Waals surface area (Å²) in [7, 11) is 0. The van der Waals surface area contributed by atoms with E-state index in [0.717, 1.165) is 27.8 Å². The van der Waals surface area contributed by atoms with E-state index >= 15 is 0 Å². The molecule has 2 heterocycles. The lowest BCUT2D eigenvalue weighted by Gasteiger charge is -2.01. The lowest BCUT2D eigenvalue weighted by Crippen LogP contribution is -2.12. The van der Waals surface area contributed by atoms with Gasteiger partial charge in [0.05, 0.1) is 12.3 Å². The zero-order chi connectivity index (χ0) is 17.8. The quantitative estimate of drug-likeness (QED) is 0.659. The number of H-pyrrole nitrogens is 1. The Bertz CT molecular complexity index is 913. The number of hydrogen-bond acceptors (Lipinski definition) is 5. The molecule has 3 rings (SSSR count). The van der Waals surface area contributed by atoms with Gasteiger partial charge < -0.3 is 15.0 Å². The Labute approximate surface area is 149 Å². The van der Waals surface area contributed by atoms with Gasteiger partial charge in [-0.05, 0) is 31.9 Å². The Kier molecular flexibility index (Phi) is 5.14. The number of fused-ring (bicyclic) bond motifs is 1. The molecule has 0 unspecified atom stereocenters. The largest absolute Gasteiger partial charge is 0.462 e. The molecule has 0 fully saturated rings. The van der Waals surface area contributed by atoms with Crippen molar-refractivity contribution in [3.05, 3.63) is 46.6 Å². The number of aromatic nitrogens is 2. The molecule has 6 nitrogen and oxygen atoms in total. The predicted molar refractivity (Wildman–Crippen MR) is 98.1 cm³/mol. The van der Waals surface area contributed by atoms with Crippen molar-refractivity contribution in [1.29, 1.82) is 0 Å². The summed E-state index contributed by atoms with van der Waals surface area (Å²) in [5.41, 5.74) is 2.73. The molecule has 7 heteroatoms. The second-order valence-corrected chi connectivity index (χ2v) is 6.56. The van der Waals surface area contributed by atoms with Crippen LogP contribution in [-0.2, 0) is 16.0 Å². The van der Waals surface area contributed by atoms with Crippen molar-refractivity contribution in [3.8, 4) is 0 Å². The minimum Gasteiger partial charge on any atom is -0.462 e. The Hall–Kier alpha value is -2.67. The molecule has 1 aromatic carbocycles. The minimum atomic E-state index is -0.406. The van der Waals surface area contributed by atoms with Crippen LogP contribution in [0.5, 0.6) is 0 Å². The van der Waals surface area contributed by atoms with Gasteiger partial charge >= 0.3 is 5.97 Å². The SMILES string of the molecule is CCOC(=O)c1sc(NC(=O)CCc2c[nH]c3ccccc23)nc1C. The second-order valence-electron chi connectivity index (χ2n) is 5.56. The number of esters is 1. The third-order valence-corrected chi connectivity index (χ3v) is 4.85. The van der Waals surface area contributed by atoms with Crippen molar-refractivity contribution in [1.82, 2.24) is 9.97 Å². The Balaban J connectivity index is 1.61. The van der Waals surface area contributed by atoms with Crippen molar-refractivity contribution in [2.24, 2.45) is 0 Å². The van der Waals surface area contributed by atoms with Crippen molar-refractivity contribution >= 4 is 39.2 Å². The van der Waals surface area contributed by atoms with Crippen LogP contribution >= 0.6 is 11.3 Å². The first-order valence-electron chi connectivity index (χ1n) is 8.08. The van der Waals surface area contributed by atoms with E-state index in [2.05, 4.69) is 15.3 Å². The van der Waals surface area contributed by atoms with Gasteiger partial charge in [-0.15, -0.1) is 0 Å². The number of carbonyl (C=O) groups excluding carboxylic acids is 2. The van der Waals surface area contributed by atoms with Crippen LogP contribution in [0.2, 0.25) is 0 Å². The molecule has 0 atom stereocenters. The van der Waals surface area contributed by atoms with Crippen LogP contribution in [0, 0.1) is 6.92 Å². The number of carbonyl (C=O) groups is 2. The number of para-hydroxylation sites is 1. The van der Waals surface area contributed by atoms with Crippen LogP contribution in [0.1, 0.15) is 34.3 Å². The molecular weight excluding hydrogens is 338 g/mol. The molecule has 0 aliphatic heterocycles. The van der Waals surface area contributed by atoms with Gasteiger partial charge in [-0.3, -0.25) is 4.79 Å². The highest BCUT2D eigenvalue weighted by Crippen LogP contribution is 2.24. The van der Waals surface area contributed by atoms with Crippen molar-refractivity contribution < 1.29 is 14.3 Å². The summed E-state index contributed by atoms with van der Waals surface area (Å²) in [6.07, 6.45) is 2.91. The summed E-state index contributed by atoms with van der Waals surface area (Å²) in [4.78, 5) is 31.8. The fraction of sp³-hybridized carbons (Fsp3) is 0.278. The van der Waals surface area contributed by atoms with Crippen molar-refractivity contribution in [2.45, 2.75) is 26.7 Å². The number of amides is 1. The zero-order valence-corrected chi connectivity index (χ0v) is 14.9. The van der Waals surface area contributed by atoms with E-state index in [4.69, 9.17) is 4.74 Å². The summed E-state index contributed by atoms with van der Waals surface area (Å²) in [5.74, 6) is -0.536. The molecule has 25 heavy (non-hydrogen) atoms. The van der Waals surface area contributed by atoms with Gasteiger partial charge in [-0.2, -0.15) is 0 Å².